The number of carbonyl (C=O) groups is 1. The minimum atomic E-state index is -0.287. The Labute approximate surface area is 114 Å². The van der Waals surface area contributed by atoms with Gasteiger partial charge in [-0.2, -0.15) is 0 Å². The quantitative estimate of drug-likeness (QED) is 0.860. The van der Waals surface area contributed by atoms with Crippen molar-refractivity contribution in [2.45, 2.75) is 27.7 Å². The first-order valence-electron chi connectivity index (χ1n) is 6.43. The van der Waals surface area contributed by atoms with Gasteiger partial charge in [0.25, 0.3) is 5.91 Å². The van der Waals surface area contributed by atoms with Gasteiger partial charge >= 0.3 is 0 Å². The molecule has 0 radical (unpaired) electrons. The zero-order chi connectivity index (χ0) is 14.6. The molecule has 0 aliphatic rings. The molecule has 0 unspecified atom stereocenters. The SMILES string of the molecule is COc1cccc(C(=O)NCC(C)(C)C(C)C)c1O. The van der Waals surface area contributed by atoms with Gasteiger partial charge in [0.2, 0.25) is 0 Å². The number of benzene rings is 1. The molecule has 0 aliphatic carbocycles. The Morgan fingerprint density at radius 3 is 2.58 bits per heavy atom. The average molecular weight is 265 g/mol. The number of para-hydroxylation sites is 1. The van der Waals surface area contributed by atoms with Crippen molar-refractivity contribution in [2.75, 3.05) is 13.7 Å². The summed E-state index contributed by atoms with van der Waals surface area (Å²) in [4.78, 5) is 12.1. The van der Waals surface area contributed by atoms with Crippen molar-refractivity contribution in [1.82, 2.24) is 5.32 Å². The highest BCUT2D eigenvalue weighted by Gasteiger charge is 2.24. The first-order valence-corrected chi connectivity index (χ1v) is 6.43. The Balaban J connectivity index is 2.80. The van der Waals surface area contributed by atoms with Crippen LogP contribution in [0.3, 0.4) is 0 Å². The van der Waals surface area contributed by atoms with Crippen molar-refractivity contribution in [2.24, 2.45) is 11.3 Å². The molecule has 0 atom stereocenters. The molecule has 4 nitrogen and oxygen atoms in total. The summed E-state index contributed by atoms with van der Waals surface area (Å²) in [5.41, 5.74) is 0.239. The number of phenols is 1. The van der Waals surface area contributed by atoms with Crippen LogP contribution in [0, 0.1) is 11.3 Å². The van der Waals surface area contributed by atoms with Crippen LogP contribution in [0.4, 0.5) is 0 Å². The summed E-state index contributed by atoms with van der Waals surface area (Å²) >= 11 is 0. The summed E-state index contributed by atoms with van der Waals surface area (Å²) in [6.45, 7) is 9.00. The van der Waals surface area contributed by atoms with Gasteiger partial charge in [-0.15, -0.1) is 0 Å². The van der Waals surface area contributed by atoms with E-state index in [-0.39, 0.29) is 22.6 Å². The van der Waals surface area contributed by atoms with Gasteiger partial charge in [0, 0.05) is 6.54 Å². The van der Waals surface area contributed by atoms with Gasteiger partial charge in [0.15, 0.2) is 11.5 Å². The van der Waals surface area contributed by atoms with Crippen molar-refractivity contribution >= 4 is 5.91 Å². The van der Waals surface area contributed by atoms with E-state index in [1.54, 1.807) is 18.2 Å². The molecule has 0 heterocycles. The number of methoxy groups -OCH3 is 1. The highest BCUT2D eigenvalue weighted by Crippen LogP contribution is 2.30. The molecule has 0 aromatic heterocycles. The monoisotopic (exact) mass is 265 g/mol. The maximum atomic E-state index is 12.1. The molecule has 0 bridgehead atoms. The Kier molecular flexibility index (Phi) is 4.81. The van der Waals surface area contributed by atoms with E-state index in [0.717, 1.165) is 0 Å². The second kappa shape index (κ2) is 5.95. The summed E-state index contributed by atoms with van der Waals surface area (Å²) < 4.78 is 4.99. The van der Waals surface area contributed by atoms with Crippen LogP contribution in [-0.2, 0) is 0 Å². The molecule has 1 rings (SSSR count). The minimum Gasteiger partial charge on any atom is -0.504 e. The lowest BCUT2D eigenvalue weighted by Gasteiger charge is -2.29. The van der Waals surface area contributed by atoms with E-state index in [4.69, 9.17) is 4.74 Å². The highest BCUT2D eigenvalue weighted by molar-refractivity contribution is 5.97. The molecule has 19 heavy (non-hydrogen) atoms. The smallest absolute Gasteiger partial charge is 0.255 e. The first-order chi connectivity index (χ1) is 8.79. The van der Waals surface area contributed by atoms with Crippen LogP contribution >= 0.6 is 0 Å². The second-order valence-electron chi connectivity index (χ2n) is 5.68. The van der Waals surface area contributed by atoms with E-state index in [1.807, 2.05) is 0 Å². The Morgan fingerprint density at radius 2 is 2.05 bits per heavy atom. The fraction of sp³-hybridized carbons (Fsp3) is 0.533. The van der Waals surface area contributed by atoms with Gasteiger partial charge in [0.1, 0.15) is 0 Å². The first kappa shape index (κ1) is 15.3. The van der Waals surface area contributed by atoms with Gasteiger partial charge in [-0.05, 0) is 23.5 Å². The van der Waals surface area contributed by atoms with Crippen LogP contribution in [0.1, 0.15) is 38.1 Å². The number of carbonyl (C=O) groups excluding carboxylic acids is 1. The largest absolute Gasteiger partial charge is 0.504 e. The fourth-order valence-electron chi connectivity index (χ4n) is 1.48. The molecule has 1 amide bonds. The molecule has 0 saturated heterocycles. The average Bonchev–Trinajstić information content (AvgIpc) is 2.36. The van der Waals surface area contributed by atoms with Crippen molar-refractivity contribution in [1.29, 1.82) is 0 Å². The summed E-state index contributed by atoms with van der Waals surface area (Å²) in [7, 11) is 1.46. The van der Waals surface area contributed by atoms with E-state index in [9.17, 15) is 9.90 Å². The Hall–Kier alpha value is -1.71. The minimum absolute atomic E-state index is 0.00411. The number of rotatable bonds is 5. The molecule has 0 saturated carbocycles. The molecular formula is C15H23NO3. The number of ether oxygens (including phenoxy) is 1. The lowest BCUT2D eigenvalue weighted by Crippen LogP contribution is -2.37. The van der Waals surface area contributed by atoms with Crippen molar-refractivity contribution < 1.29 is 14.6 Å². The third kappa shape index (κ3) is 3.63. The lowest BCUT2D eigenvalue weighted by atomic mass is 9.81. The summed E-state index contributed by atoms with van der Waals surface area (Å²) in [6.07, 6.45) is 0. The zero-order valence-corrected chi connectivity index (χ0v) is 12.3. The standard InChI is InChI=1S/C15H23NO3/c1-10(2)15(3,4)9-16-14(18)11-7-6-8-12(19-5)13(11)17/h6-8,10,17H,9H2,1-5H3,(H,16,18). The number of hydrogen-bond donors (Lipinski definition) is 2. The Bertz CT molecular complexity index is 453. The van der Waals surface area contributed by atoms with Gasteiger partial charge in [-0.1, -0.05) is 33.8 Å². The third-order valence-electron chi connectivity index (χ3n) is 3.73. The van der Waals surface area contributed by atoms with E-state index in [0.29, 0.717) is 18.2 Å². The van der Waals surface area contributed by atoms with Crippen LogP contribution in [0.15, 0.2) is 18.2 Å². The number of amides is 1. The predicted molar refractivity (Wildman–Crippen MR) is 75.6 cm³/mol. The summed E-state index contributed by atoms with van der Waals surface area (Å²) in [6, 6.07) is 4.88. The van der Waals surface area contributed by atoms with Gasteiger partial charge in [-0.25, -0.2) is 0 Å². The predicted octanol–water partition coefficient (Wildman–Crippen LogP) is 2.81. The van der Waals surface area contributed by atoms with Gasteiger partial charge < -0.3 is 15.2 Å². The molecule has 106 valence electrons. The summed E-state index contributed by atoms with van der Waals surface area (Å²) in [5.74, 6) is 0.345. The molecule has 0 spiro atoms. The number of nitrogens with one attached hydrogen (secondary N) is 1. The van der Waals surface area contributed by atoms with Crippen molar-refractivity contribution in [3.8, 4) is 11.5 Å². The van der Waals surface area contributed by atoms with Crippen molar-refractivity contribution in [3.63, 3.8) is 0 Å². The fourth-order valence-corrected chi connectivity index (χ4v) is 1.48. The number of phenolic OH excluding ortho intramolecular Hbond substituents is 1. The Morgan fingerprint density at radius 1 is 1.42 bits per heavy atom. The van der Waals surface area contributed by atoms with E-state index < -0.39 is 0 Å². The molecule has 2 N–H and O–H groups in total. The van der Waals surface area contributed by atoms with E-state index in [1.165, 1.54) is 7.11 Å². The lowest BCUT2D eigenvalue weighted by molar-refractivity contribution is 0.0921. The molecule has 0 aliphatic heterocycles. The normalized spacial score (nSPS) is 11.5. The second-order valence-corrected chi connectivity index (χ2v) is 5.68. The molecule has 1 aromatic rings. The molecule has 0 fully saturated rings. The van der Waals surface area contributed by atoms with Crippen LogP contribution in [0.5, 0.6) is 11.5 Å². The van der Waals surface area contributed by atoms with Crippen molar-refractivity contribution in [3.05, 3.63) is 23.8 Å². The van der Waals surface area contributed by atoms with Crippen LogP contribution < -0.4 is 10.1 Å². The van der Waals surface area contributed by atoms with Crippen LogP contribution in [0.2, 0.25) is 0 Å². The highest BCUT2D eigenvalue weighted by atomic mass is 16.5. The zero-order valence-electron chi connectivity index (χ0n) is 12.3. The van der Waals surface area contributed by atoms with Crippen LogP contribution in [0.25, 0.3) is 0 Å². The number of aromatic hydroxyl groups is 1. The number of hydrogen-bond acceptors (Lipinski definition) is 3. The molecule has 4 heteroatoms. The maximum Gasteiger partial charge on any atom is 0.255 e. The van der Waals surface area contributed by atoms with E-state index in [2.05, 4.69) is 33.0 Å². The van der Waals surface area contributed by atoms with Gasteiger partial charge in [-0.3, -0.25) is 4.79 Å². The molecular weight excluding hydrogens is 242 g/mol. The summed E-state index contributed by atoms with van der Waals surface area (Å²) in [5, 5.41) is 12.8. The van der Waals surface area contributed by atoms with Crippen LogP contribution in [-0.4, -0.2) is 24.7 Å². The topological polar surface area (TPSA) is 58.6 Å². The maximum absolute atomic E-state index is 12.1. The third-order valence-corrected chi connectivity index (χ3v) is 3.73. The van der Waals surface area contributed by atoms with Gasteiger partial charge in [0.05, 0.1) is 12.7 Å². The van der Waals surface area contributed by atoms with E-state index >= 15 is 0 Å². The molecule has 1 aromatic carbocycles.